The van der Waals surface area contributed by atoms with Gasteiger partial charge in [0, 0.05) is 4.47 Å². The van der Waals surface area contributed by atoms with E-state index >= 15 is 0 Å². The van der Waals surface area contributed by atoms with Gasteiger partial charge < -0.3 is 5.73 Å². The van der Waals surface area contributed by atoms with Crippen LogP contribution >= 0.6 is 15.9 Å². The fourth-order valence-corrected chi connectivity index (χ4v) is 1.47. The molecule has 7 heteroatoms. The van der Waals surface area contributed by atoms with Crippen molar-refractivity contribution in [1.82, 2.24) is 0 Å². The summed E-state index contributed by atoms with van der Waals surface area (Å²) in [5.41, 5.74) is 3.51. The Balaban J connectivity index is 3.58. The molecule has 2 N–H and O–H groups in total. The molecule has 0 saturated heterocycles. The largest absolute Gasteiger partial charge is 0.365 e. The molecule has 74 valence electrons. The van der Waals surface area contributed by atoms with Gasteiger partial charge in [-0.05, 0) is 28.1 Å². The van der Waals surface area contributed by atoms with Gasteiger partial charge in [-0.25, -0.2) is 0 Å². The Labute approximate surface area is 86.0 Å². The molecule has 1 rings (SSSR count). The lowest BCUT2D eigenvalue weighted by atomic mass is 10.1. The summed E-state index contributed by atoms with van der Waals surface area (Å²) in [4.78, 5) is 20.3. The number of hydrogen-bond acceptors (Lipinski definition) is 3. The number of amides is 1. The molecule has 0 aliphatic carbocycles. The SMILES string of the molecule is NC(=O)c1c(Br)ccc(F)c1[N+](=O)[O-]. The number of primary amides is 1. The summed E-state index contributed by atoms with van der Waals surface area (Å²) < 4.78 is 13.1. The van der Waals surface area contributed by atoms with E-state index in [1.165, 1.54) is 6.07 Å². The molecule has 0 saturated carbocycles. The lowest BCUT2D eigenvalue weighted by molar-refractivity contribution is -0.387. The predicted molar refractivity (Wildman–Crippen MR) is 49.3 cm³/mol. The fraction of sp³-hybridized carbons (Fsp3) is 0. The number of hydrogen-bond donors (Lipinski definition) is 1. The molecular weight excluding hydrogens is 259 g/mol. The van der Waals surface area contributed by atoms with Gasteiger partial charge in [0.1, 0.15) is 5.56 Å². The number of rotatable bonds is 2. The van der Waals surface area contributed by atoms with Crippen molar-refractivity contribution < 1.29 is 14.1 Å². The number of carbonyl (C=O) groups is 1. The maximum Gasteiger partial charge on any atom is 0.318 e. The van der Waals surface area contributed by atoms with Crippen molar-refractivity contribution in [3.63, 3.8) is 0 Å². The maximum absolute atomic E-state index is 13.0. The van der Waals surface area contributed by atoms with E-state index < -0.39 is 27.9 Å². The lowest BCUT2D eigenvalue weighted by Crippen LogP contribution is -2.15. The van der Waals surface area contributed by atoms with E-state index in [4.69, 9.17) is 5.73 Å². The van der Waals surface area contributed by atoms with Crippen molar-refractivity contribution in [2.75, 3.05) is 0 Å². The molecule has 0 atom stereocenters. The van der Waals surface area contributed by atoms with Crippen LogP contribution in [0.4, 0.5) is 10.1 Å². The Kier molecular flexibility index (Phi) is 2.80. The minimum Gasteiger partial charge on any atom is -0.365 e. The zero-order valence-corrected chi connectivity index (χ0v) is 8.25. The zero-order valence-electron chi connectivity index (χ0n) is 6.66. The van der Waals surface area contributed by atoms with Gasteiger partial charge in [0.15, 0.2) is 0 Å². The molecule has 1 aromatic carbocycles. The highest BCUT2D eigenvalue weighted by molar-refractivity contribution is 9.10. The molecule has 0 heterocycles. The molecule has 5 nitrogen and oxygen atoms in total. The van der Waals surface area contributed by atoms with E-state index in [-0.39, 0.29) is 4.47 Å². The molecule has 0 aromatic heterocycles. The Morgan fingerprint density at radius 3 is 2.50 bits per heavy atom. The highest BCUT2D eigenvalue weighted by Gasteiger charge is 2.26. The Hall–Kier alpha value is -1.50. The van der Waals surface area contributed by atoms with E-state index in [0.717, 1.165) is 6.07 Å². The quantitative estimate of drug-likeness (QED) is 0.649. The first-order chi connectivity index (χ1) is 6.45. The van der Waals surface area contributed by atoms with E-state index in [1.54, 1.807) is 0 Å². The van der Waals surface area contributed by atoms with E-state index in [9.17, 15) is 19.3 Å². The molecule has 0 aliphatic rings. The van der Waals surface area contributed by atoms with Gasteiger partial charge in [0.05, 0.1) is 4.92 Å². The van der Waals surface area contributed by atoms with Crippen LogP contribution in [-0.2, 0) is 0 Å². The van der Waals surface area contributed by atoms with Gasteiger partial charge in [0.25, 0.3) is 5.91 Å². The minimum absolute atomic E-state index is 0.0955. The van der Waals surface area contributed by atoms with E-state index in [2.05, 4.69) is 15.9 Å². The van der Waals surface area contributed by atoms with Crippen molar-refractivity contribution in [3.05, 3.63) is 38.1 Å². The van der Waals surface area contributed by atoms with Crippen molar-refractivity contribution in [2.45, 2.75) is 0 Å². The first-order valence-corrected chi connectivity index (χ1v) is 4.16. The topological polar surface area (TPSA) is 86.2 Å². The Morgan fingerprint density at radius 2 is 2.14 bits per heavy atom. The molecule has 0 aliphatic heterocycles. The lowest BCUT2D eigenvalue weighted by Gasteiger charge is -2.01. The summed E-state index contributed by atoms with van der Waals surface area (Å²) in [6.45, 7) is 0. The average molecular weight is 263 g/mol. The fourth-order valence-electron chi connectivity index (χ4n) is 0.954. The Bertz CT molecular complexity index is 383. The van der Waals surface area contributed by atoms with Crippen LogP contribution in [0.1, 0.15) is 10.4 Å². The van der Waals surface area contributed by atoms with Crippen molar-refractivity contribution in [3.8, 4) is 0 Å². The second-order valence-electron chi connectivity index (χ2n) is 2.37. The summed E-state index contributed by atoms with van der Waals surface area (Å²) >= 11 is 2.88. The third-order valence-corrected chi connectivity index (χ3v) is 2.17. The van der Waals surface area contributed by atoms with Gasteiger partial charge in [-0.3, -0.25) is 14.9 Å². The third-order valence-electron chi connectivity index (χ3n) is 1.51. The van der Waals surface area contributed by atoms with Crippen LogP contribution in [0.3, 0.4) is 0 Å². The first kappa shape index (κ1) is 10.6. The van der Waals surface area contributed by atoms with Crippen LogP contribution in [-0.4, -0.2) is 10.8 Å². The number of nitrogens with two attached hydrogens (primary N) is 1. The minimum atomic E-state index is -1.09. The molecule has 1 amide bonds. The van der Waals surface area contributed by atoms with Crippen molar-refractivity contribution >= 4 is 27.5 Å². The van der Waals surface area contributed by atoms with Crippen LogP contribution in [0.2, 0.25) is 0 Å². The molecule has 0 spiro atoms. The number of nitro benzene ring substituents is 1. The number of carbonyl (C=O) groups excluding carboxylic acids is 1. The summed E-state index contributed by atoms with van der Waals surface area (Å²) in [6.07, 6.45) is 0. The third kappa shape index (κ3) is 1.72. The van der Waals surface area contributed by atoms with Crippen LogP contribution in [0.25, 0.3) is 0 Å². The molecule has 1 aromatic rings. The monoisotopic (exact) mass is 262 g/mol. The highest BCUT2D eigenvalue weighted by atomic mass is 79.9. The molecule has 14 heavy (non-hydrogen) atoms. The number of halogens is 2. The number of benzene rings is 1. The summed E-state index contributed by atoms with van der Waals surface area (Å²) in [6, 6.07) is 2.07. The first-order valence-electron chi connectivity index (χ1n) is 3.37. The number of nitrogens with zero attached hydrogens (tertiary/aromatic N) is 1. The van der Waals surface area contributed by atoms with E-state index in [1.807, 2.05) is 0 Å². The summed E-state index contributed by atoms with van der Waals surface area (Å²) in [5, 5.41) is 10.4. The van der Waals surface area contributed by atoms with Gasteiger partial charge >= 0.3 is 5.69 Å². The van der Waals surface area contributed by atoms with Gasteiger partial charge in [0.2, 0.25) is 5.82 Å². The van der Waals surface area contributed by atoms with Crippen LogP contribution < -0.4 is 5.73 Å². The standard InChI is InChI=1S/C7H4BrFN2O3/c8-3-1-2-4(9)6(11(13)14)5(3)7(10)12/h1-2H,(H2,10,12). The van der Waals surface area contributed by atoms with Gasteiger partial charge in [-0.2, -0.15) is 4.39 Å². The normalized spacial score (nSPS) is 9.86. The molecule has 0 fully saturated rings. The average Bonchev–Trinajstić information content (AvgIpc) is 2.07. The zero-order chi connectivity index (χ0) is 10.9. The second-order valence-corrected chi connectivity index (χ2v) is 3.23. The molecular formula is C7H4BrFN2O3. The second kappa shape index (κ2) is 3.70. The number of nitro groups is 1. The molecule has 0 radical (unpaired) electrons. The Morgan fingerprint density at radius 1 is 1.57 bits per heavy atom. The van der Waals surface area contributed by atoms with Crippen LogP contribution in [0.5, 0.6) is 0 Å². The van der Waals surface area contributed by atoms with Crippen LogP contribution in [0, 0.1) is 15.9 Å². The van der Waals surface area contributed by atoms with E-state index in [0.29, 0.717) is 0 Å². The van der Waals surface area contributed by atoms with Crippen LogP contribution in [0.15, 0.2) is 16.6 Å². The molecule has 0 bridgehead atoms. The van der Waals surface area contributed by atoms with Crippen molar-refractivity contribution in [1.29, 1.82) is 0 Å². The molecule has 0 unspecified atom stereocenters. The van der Waals surface area contributed by atoms with Gasteiger partial charge in [-0.15, -0.1) is 0 Å². The summed E-state index contributed by atoms with van der Waals surface area (Å²) in [5.74, 6) is -2.14. The smallest absolute Gasteiger partial charge is 0.318 e. The highest BCUT2D eigenvalue weighted by Crippen LogP contribution is 2.28. The van der Waals surface area contributed by atoms with Crippen molar-refractivity contribution in [2.24, 2.45) is 5.73 Å². The maximum atomic E-state index is 13.0. The summed E-state index contributed by atoms with van der Waals surface area (Å²) in [7, 11) is 0. The van der Waals surface area contributed by atoms with Gasteiger partial charge in [-0.1, -0.05) is 0 Å². The predicted octanol–water partition coefficient (Wildman–Crippen LogP) is 1.60.